The molecule has 1 saturated heterocycles. The first-order valence-corrected chi connectivity index (χ1v) is 12.4. The predicted octanol–water partition coefficient (Wildman–Crippen LogP) is 7.33. The number of alkyl halides is 2. The number of rotatable bonds is 6. The Morgan fingerprint density at radius 1 is 1.19 bits per heavy atom. The van der Waals surface area contributed by atoms with Crippen molar-refractivity contribution >= 4 is 29.2 Å². The fourth-order valence-electron chi connectivity index (χ4n) is 4.61. The van der Waals surface area contributed by atoms with Crippen molar-refractivity contribution in [3.8, 4) is 0 Å². The summed E-state index contributed by atoms with van der Waals surface area (Å²) in [6.07, 6.45) is 0.177. The van der Waals surface area contributed by atoms with Crippen LogP contribution in [0.25, 0.3) is 0 Å². The molecule has 10 heteroatoms. The molecule has 1 aromatic heterocycles. The third kappa shape index (κ3) is 6.50. The number of pyridine rings is 1. The van der Waals surface area contributed by atoms with Crippen molar-refractivity contribution in [1.29, 1.82) is 0 Å². The van der Waals surface area contributed by atoms with Gasteiger partial charge < -0.3 is 4.74 Å². The lowest BCUT2D eigenvalue weighted by molar-refractivity contribution is -0.172. The number of hydrogen-bond acceptors (Lipinski definition) is 4. The zero-order chi connectivity index (χ0) is 27.1. The smallest absolute Gasteiger partial charge is 0.313 e. The summed E-state index contributed by atoms with van der Waals surface area (Å²) >= 11 is 11.9. The van der Waals surface area contributed by atoms with Gasteiger partial charge in [0.05, 0.1) is 21.7 Å². The Morgan fingerprint density at radius 3 is 2.44 bits per heavy atom. The molecule has 0 aliphatic carbocycles. The van der Waals surface area contributed by atoms with Crippen LogP contribution >= 0.6 is 23.2 Å². The average Bonchev–Trinajstić information content (AvgIpc) is 2.73. The topological polar surface area (TPSA) is 42.4 Å². The molecule has 2 heterocycles. The van der Waals surface area contributed by atoms with Crippen molar-refractivity contribution in [2.45, 2.75) is 78.0 Å². The van der Waals surface area contributed by atoms with Crippen molar-refractivity contribution in [1.82, 2.24) is 9.88 Å². The lowest BCUT2D eigenvalue weighted by Gasteiger charge is -2.45. The molecule has 1 aliphatic heterocycles. The molecule has 1 aromatic carbocycles. The minimum Gasteiger partial charge on any atom is -0.460 e. The van der Waals surface area contributed by atoms with Crippen LogP contribution in [0.5, 0.6) is 0 Å². The van der Waals surface area contributed by atoms with Crippen LogP contribution in [-0.2, 0) is 28.4 Å². The van der Waals surface area contributed by atoms with Gasteiger partial charge in [0.2, 0.25) is 0 Å². The fourth-order valence-corrected chi connectivity index (χ4v) is 5.01. The summed E-state index contributed by atoms with van der Waals surface area (Å²) in [5.74, 6) is -5.75. The van der Waals surface area contributed by atoms with E-state index in [1.165, 1.54) is 6.07 Å². The van der Waals surface area contributed by atoms with Crippen LogP contribution in [0.2, 0.25) is 10.2 Å². The molecule has 0 bridgehead atoms. The highest BCUT2D eigenvalue weighted by Crippen LogP contribution is 2.42. The third-order valence-corrected chi connectivity index (χ3v) is 6.88. The Balaban J connectivity index is 1.96. The van der Waals surface area contributed by atoms with E-state index >= 15 is 4.39 Å². The number of esters is 1. The maximum atomic E-state index is 15.2. The summed E-state index contributed by atoms with van der Waals surface area (Å²) < 4.78 is 63.5. The van der Waals surface area contributed by atoms with Crippen molar-refractivity contribution < 1.29 is 27.1 Å². The zero-order valence-electron chi connectivity index (χ0n) is 20.9. The van der Waals surface area contributed by atoms with E-state index in [4.69, 9.17) is 27.9 Å². The van der Waals surface area contributed by atoms with E-state index in [9.17, 15) is 18.0 Å². The maximum absolute atomic E-state index is 15.2. The minimum atomic E-state index is -3.48. The Morgan fingerprint density at radius 2 is 1.86 bits per heavy atom. The third-order valence-electron chi connectivity index (χ3n) is 6.40. The minimum absolute atomic E-state index is 0.0197. The molecular formula is C26H30Cl2F4N2O2. The molecule has 198 valence electrons. The van der Waals surface area contributed by atoms with Crippen molar-refractivity contribution in [2.24, 2.45) is 5.41 Å². The molecule has 0 amide bonds. The number of carbonyl (C=O) groups is 1. The van der Waals surface area contributed by atoms with Crippen LogP contribution in [-0.4, -0.2) is 34.0 Å². The van der Waals surface area contributed by atoms with Crippen LogP contribution in [0.3, 0.4) is 0 Å². The molecule has 1 aliphatic rings. The van der Waals surface area contributed by atoms with Crippen molar-refractivity contribution in [3.63, 3.8) is 0 Å². The Labute approximate surface area is 218 Å². The van der Waals surface area contributed by atoms with Gasteiger partial charge >= 0.3 is 5.97 Å². The van der Waals surface area contributed by atoms with Gasteiger partial charge in [-0.2, -0.15) is 0 Å². The lowest BCUT2D eigenvalue weighted by atomic mass is 9.71. The van der Waals surface area contributed by atoms with E-state index in [2.05, 4.69) is 4.98 Å². The molecule has 0 saturated carbocycles. The molecule has 0 N–H and O–H groups in total. The van der Waals surface area contributed by atoms with E-state index in [0.29, 0.717) is 19.0 Å². The van der Waals surface area contributed by atoms with Gasteiger partial charge in [-0.15, -0.1) is 0 Å². The largest absolute Gasteiger partial charge is 0.460 e. The fraction of sp³-hybridized carbons (Fsp3) is 0.538. The molecule has 2 atom stereocenters. The monoisotopic (exact) mass is 548 g/mol. The Bertz CT molecular complexity index is 1130. The van der Waals surface area contributed by atoms with Gasteiger partial charge in [0.25, 0.3) is 5.92 Å². The Hall–Kier alpha value is -1.90. The average molecular weight is 549 g/mol. The molecule has 4 nitrogen and oxygen atoms in total. The molecular weight excluding hydrogens is 519 g/mol. The van der Waals surface area contributed by atoms with Crippen molar-refractivity contribution in [2.75, 3.05) is 6.54 Å². The number of benzene rings is 1. The lowest BCUT2D eigenvalue weighted by Crippen LogP contribution is -2.51. The molecule has 36 heavy (non-hydrogen) atoms. The summed E-state index contributed by atoms with van der Waals surface area (Å²) in [5.41, 5.74) is -2.84. The van der Waals surface area contributed by atoms with Crippen LogP contribution in [0.4, 0.5) is 17.6 Å². The van der Waals surface area contributed by atoms with E-state index in [-0.39, 0.29) is 47.7 Å². The summed E-state index contributed by atoms with van der Waals surface area (Å²) in [4.78, 5) is 19.4. The highest BCUT2D eigenvalue weighted by molar-refractivity contribution is 6.30. The summed E-state index contributed by atoms with van der Waals surface area (Å²) in [6.45, 7) is 8.20. The van der Waals surface area contributed by atoms with Gasteiger partial charge in [0, 0.05) is 31.5 Å². The van der Waals surface area contributed by atoms with Crippen LogP contribution in [0.1, 0.15) is 64.3 Å². The second-order valence-corrected chi connectivity index (χ2v) is 11.4. The van der Waals surface area contributed by atoms with E-state index in [0.717, 1.165) is 6.07 Å². The second-order valence-electron chi connectivity index (χ2n) is 10.6. The van der Waals surface area contributed by atoms with Gasteiger partial charge in [0.1, 0.15) is 16.6 Å². The Kier molecular flexibility index (Phi) is 8.33. The quantitative estimate of drug-likeness (QED) is 0.215. The molecule has 0 radical (unpaired) electrons. The van der Waals surface area contributed by atoms with Gasteiger partial charge in [-0.05, 0) is 59.2 Å². The number of piperidine rings is 1. The number of halogens is 6. The number of likely N-dealkylation sites (tertiary alicyclic amines) is 1. The van der Waals surface area contributed by atoms with Gasteiger partial charge in [0.15, 0.2) is 5.82 Å². The molecule has 2 unspecified atom stereocenters. The number of hydrogen-bond donors (Lipinski definition) is 0. The first-order valence-electron chi connectivity index (χ1n) is 11.7. The highest BCUT2D eigenvalue weighted by Gasteiger charge is 2.48. The predicted molar refractivity (Wildman–Crippen MR) is 131 cm³/mol. The van der Waals surface area contributed by atoms with Crippen LogP contribution in [0.15, 0.2) is 24.3 Å². The van der Waals surface area contributed by atoms with E-state index in [1.807, 2.05) is 11.8 Å². The molecule has 2 aromatic rings. The summed E-state index contributed by atoms with van der Waals surface area (Å²) in [5, 5.41) is -0.268. The van der Waals surface area contributed by atoms with E-state index in [1.54, 1.807) is 32.9 Å². The normalized spacial score (nSPS) is 21.5. The van der Waals surface area contributed by atoms with Gasteiger partial charge in [-0.1, -0.05) is 35.3 Å². The summed E-state index contributed by atoms with van der Waals surface area (Å²) in [6, 6.07) is 5.31. The number of nitrogens with zero attached hydrogens (tertiary/aromatic N) is 2. The van der Waals surface area contributed by atoms with Crippen LogP contribution in [0, 0.1) is 17.0 Å². The summed E-state index contributed by atoms with van der Waals surface area (Å²) in [7, 11) is 0. The number of aromatic nitrogens is 1. The molecule has 0 spiro atoms. The van der Waals surface area contributed by atoms with Crippen LogP contribution < -0.4 is 0 Å². The standard InChI is InChI=1S/C26H30Cl2F4N2O2/c1-15-12-26(23(35)36-24(2,3)4,9-10-34(15)14-16-7-6-8-18(27)21(16)29)13-19-22(30)17(25(5,31)32)11-20(28)33-19/h6-8,11,15H,9-10,12-14H2,1-5H3. The molecule has 3 rings (SSSR count). The number of carbonyl (C=O) groups excluding carboxylic acids is 1. The SMILES string of the molecule is CC1CC(Cc2nc(Cl)cc(C(C)(F)F)c2F)(C(=O)OC(C)(C)C)CCN1Cc1cccc(Cl)c1F. The van der Waals surface area contributed by atoms with E-state index < -0.39 is 40.1 Å². The van der Waals surface area contributed by atoms with Crippen molar-refractivity contribution in [3.05, 3.63) is 62.9 Å². The zero-order valence-corrected chi connectivity index (χ0v) is 22.4. The highest BCUT2D eigenvalue weighted by atomic mass is 35.5. The van der Waals surface area contributed by atoms with Gasteiger partial charge in [-0.25, -0.2) is 22.5 Å². The maximum Gasteiger partial charge on any atom is 0.313 e. The first-order chi connectivity index (χ1) is 16.5. The number of ether oxygens (including phenoxy) is 1. The molecule has 1 fully saturated rings. The van der Waals surface area contributed by atoms with Gasteiger partial charge in [-0.3, -0.25) is 9.69 Å². The second kappa shape index (κ2) is 10.5. The first kappa shape index (κ1) is 28.7.